The van der Waals surface area contributed by atoms with Crippen LogP contribution in [0, 0.1) is 5.92 Å². The van der Waals surface area contributed by atoms with E-state index in [4.69, 9.17) is 0 Å². The van der Waals surface area contributed by atoms with Crippen molar-refractivity contribution in [2.75, 3.05) is 18.4 Å². The highest BCUT2D eigenvalue weighted by Gasteiger charge is 2.39. The second-order valence-electron chi connectivity index (χ2n) is 6.87. The van der Waals surface area contributed by atoms with Gasteiger partial charge in [-0.1, -0.05) is 31.0 Å². The van der Waals surface area contributed by atoms with Gasteiger partial charge in [0, 0.05) is 24.3 Å². The third kappa shape index (κ3) is 2.24. The van der Waals surface area contributed by atoms with E-state index in [1.54, 1.807) is 0 Å². The van der Waals surface area contributed by atoms with Crippen LogP contribution in [-0.2, 0) is 6.42 Å². The molecule has 2 fully saturated rings. The first-order chi connectivity index (χ1) is 9.92. The van der Waals surface area contributed by atoms with Crippen LogP contribution in [0.15, 0.2) is 24.3 Å². The SMILES string of the molecule is c1ccc2c(c1)CCC(N1CCC3CCCCC31)CN2. The van der Waals surface area contributed by atoms with E-state index in [9.17, 15) is 0 Å². The summed E-state index contributed by atoms with van der Waals surface area (Å²) in [7, 11) is 0. The standard InChI is InChI=1S/C18H26N2/c1-3-7-17-14(5-1)9-10-16(13-19-17)20-12-11-15-6-2-4-8-18(15)20/h1,3,5,7,15-16,18-19H,2,4,6,8-13H2. The fraction of sp³-hybridized carbons (Fsp3) is 0.667. The van der Waals surface area contributed by atoms with Crippen molar-refractivity contribution in [1.29, 1.82) is 0 Å². The first-order valence-electron chi connectivity index (χ1n) is 8.49. The van der Waals surface area contributed by atoms with Gasteiger partial charge in [-0.25, -0.2) is 0 Å². The molecule has 3 atom stereocenters. The quantitative estimate of drug-likeness (QED) is 0.837. The van der Waals surface area contributed by atoms with Crippen LogP contribution < -0.4 is 5.32 Å². The van der Waals surface area contributed by atoms with Crippen molar-refractivity contribution in [3.05, 3.63) is 29.8 Å². The first-order valence-corrected chi connectivity index (χ1v) is 8.49. The van der Waals surface area contributed by atoms with Crippen molar-refractivity contribution in [1.82, 2.24) is 4.90 Å². The van der Waals surface area contributed by atoms with Gasteiger partial charge in [0.15, 0.2) is 0 Å². The number of hydrogen-bond donors (Lipinski definition) is 1. The van der Waals surface area contributed by atoms with Gasteiger partial charge in [0.05, 0.1) is 0 Å². The molecule has 0 aromatic heterocycles. The Morgan fingerprint density at radius 1 is 1.00 bits per heavy atom. The molecule has 4 rings (SSSR count). The van der Waals surface area contributed by atoms with E-state index in [-0.39, 0.29) is 0 Å². The molecule has 0 bridgehead atoms. The lowest BCUT2D eigenvalue weighted by atomic mass is 9.85. The van der Waals surface area contributed by atoms with Gasteiger partial charge in [-0.2, -0.15) is 0 Å². The predicted molar refractivity (Wildman–Crippen MR) is 84.1 cm³/mol. The molecule has 20 heavy (non-hydrogen) atoms. The number of nitrogens with one attached hydrogen (secondary N) is 1. The lowest BCUT2D eigenvalue weighted by Crippen LogP contribution is -2.45. The summed E-state index contributed by atoms with van der Waals surface area (Å²) in [4.78, 5) is 2.86. The minimum Gasteiger partial charge on any atom is -0.383 e. The van der Waals surface area contributed by atoms with E-state index in [0.717, 1.165) is 24.5 Å². The van der Waals surface area contributed by atoms with Gasteiger partial charge in [-0.15, -0.1) is 0 Å². The van der Waals surface area contributed by atoms with Crippen molar-refractivity contribution >= 4 is 5.69 Å². The molecular formula is C18H26N2. The van der Waals surface area contributed by atoms with Gasteiger partial charge >= 0.3 is 0 Å². The Morgan fingerprint density at radius 2 is 1.90 bits per heavy atom. The Balaban J connectivity index is 1.48. The van der Waals surface area contributed by atoms with Crippen molar-refractivity contribution in [3.63, 3.8) is 0 Å². The maximum atomic E-state index is 3.71. The van der Waals surface area contributed by atoms with Gasteiger partial charge in [-0.3, -0.25) is 4.90 Å². The monoisotopic (exact) mass is 270 g/mol. The molecule has 1 aromatic carbocycles. The molecule has 2 heterocycles. The van der Waals surface area contributed by atoms with Crippen LogP contribution in [0.3, 0.4) is 0 Å². The molecule has 1 N–H and O–H groups in total. The van der Waals surface area contributed by atoms with E-state index < -0.39 is 0 Å². The zero-order chi connectivity index (χ0) is 13.4. The highest BCUT2D eigenvalue weighted by atomic mass is 15.2. The van der Waals surface area contributed by atoms with Crippen LogP contribution in [-0.4, -0.2) is 30.1 Å². The molecular weight excluding hydrogens is 244 g/mol. The van der Waals surface area contributed by atoms with Crippen LogP contribution in [0.5, 0.6) is 0 Å². The van der Waals surface area contributed by atoms with Gasteiger partial charge < -0.3 is 5.32 Å². The number of nitrogens with zero attached hydrogens (tertiary/aromatic N) is 1. The molecule has 3 unspecified atom stereocenters. The molecule has 1 aliphatic carbocycles. The maximum Gasteiger partial charge on any atom is 0.0373 e. The average molecular weight is 270 g/mol. The molecule has 2 nitrogen and oxygen atoms in total. The number of anilines is 1. The van der Waals surface area contributed by atoms with E-state index >= 15 is 0 Å². The second kappa shape index (κ2) is 5.40. The van der Waals surface area contributed by atoms with Crippen LogP contribution in [0.1, 0.15) is 44.1 Å². The van der Waals surface area contributed by atoms with Gasteiger partial charge in [0.1, 0.15) is 0 Å². The summed E-state index contributed by atoms with van der Waals surface area (Å²) in [5.74, 6) is 1.01. The number of rotatable bonds is 1. The number of benzene rings is 1. The fourth-order valence-corrected chi connectivity index (χ4v) is 4.74. The third-order valence-electron chi connectivity index (χ3n) is 5.81. The summed E-state index contributed by atoms with van der Waals surface area (Å²) in [6.07, 6.45) is 9.89. The number of fused-ring (bicyclic) bond motifs is 2. The first kappa shape index (κ1) is 12.7. The molecule has 0 amide bonds. The lowest BCUT2D eigenvalue weighted by molar-refractivity contribution is 0.133. The summed E-state index contributed by atoms with van der Waals surface area (Å²) < 4.78 is 0. The molecule has 2 aliphatic heterocycles. The van der Waals surface area contributed by atoms with Gasteiger partial charge in [0.25, 0.3) is 0 Å². The number of para-hydroxylation sites is 1. The minimum atomic E-state index is 0.746. The average Bonchev–Trinajstić information content (AvgIpc) is 2.81. The summed E-state index contributed by atoms with van der Waals surface area (Å²) in [5.41, 5.74) is 2.88. The molecule has 3 aliphatic rings. The molecule has 0 spiro atoms. The Labute approximate surface area is 122 Å². The molecule has 1 aromatic rings. The summed E-state index contributed by atoms with van der Waals surface area (Å²) >= 11 is 0. The second-order valence-corrected chi connectivity index (χ2v) is 6.87. The smallest absolute Gasteiger partial charge is 0.0373 e. The molecule has 2 heteroatoms. The molecule has 0 radical (unpaired) electrons. The van der Waals surface area contributed by atoms with E-state index in [1.807, 2.05) is 0 Å². The van der Waals surface area contributed by atoms with Crippen molar-refractivity contribution in [2.24, 2.45) is 5.92 Å². The van der Waals surface area contributed by atoms with Gasteiger partial charge in [0.2, 0.25) is 0 Å². The predicted octanol–water partition coefficient (Wildman–Crippen LogP) is 3.68. The minimum absolute atomic E-state index is 0.746. The third-order valence-corrected chi connectivity index (χ3v) is 5.81. The molecule has 1 saturated heterocycles. The van der Waals surface area contributed by atoms with Crippen LogP contribution >= 0.6 is 0 Å². The highest BCUT2D eigenvalue weighted by molar-refractivity contribution is 5.52. The Hall–Kier alpha value is -1.02. The topological polar surface area (TPSA) is 15.3 Å². The van der Waals surface area contributed by atoms with Crippen molar-refractivity contribution in [3.8, 4) is 0 Å². The fourth-order valence-electron chi connectivity index (χ4n) is 4.74. The van der Waals surface area contributed by atoms with Crippen LogP contribution in [0.2, 0.25) is 0 Å². The normalized spacial score (nSPS) is 33.9. The van der Waals surface area contributed by atoms with Gasteiger partial charge in [-0.05, 0) is 56.2 Å². The Morgan fingerprint density at radius 3 is 2.90 bits per heavy atom. The van der Waals surface area contributed by atoms with Crippen LogP contribution in [0.4, 0.5) is 5.69 Å². The number of hydrogen-bond acceptors (Lipinski definition) is 2. The van der Waals surface area contributed by atoms with Crippen LogP contribution in [0.25, 0.3) is 0 Å². The molecule has 108 valence electrons. The number of likely N-dealkylation sites (tertiary alicyclic amines) is 1. The zero-order valence-corrected chi connectivity index (χ0v) is 12.4. The Kier molecular flexibility index (Phi) is 3.43. The molecule has 1 saturated carbocycles. The summed E-state index contributed by atoms with van der Waals surface area (Å²) in [6, 6.07) is 10.5. The summed E-state index contributed by atoms with van der Waals surface area (Å²) in [5, 5.41) is 3.71. The van der Waals surface area contributed by atoms with E-state index in [0.29, 0.717) is 0 Å². The largest absolute Gasteiger partial charge is 0.383 e. The lowest BCUT2D eigenvalue weighted by Gasteiger charge is -2.36. The zero-order valence-electron chi connectivity index (χ0n) is 12.4. The number of aryl methyl sites for hydroxylation is 1. The Bertz CT molecular complexity index is 443. The van der Waals surface area contributed by atoms with E-state index in [1.165, 1.54) is 62.7 Å². The summed E-state index contributed by atoms with van der Waals surface area (Å²) in [6.45, 7) is 2.48. The van der Waals surface area contributed by atoms with Crippen molar-refractivity contribution in [2.45, 2.75) is 57.0 Å². The highest BCUT2D eigenvalue weighted by Crippen LogP contribution is 2.38. The maximum absolute atomic E-state index is 3.71. The van der Waals surface area contributed by atoms with E-state index in [2.05, 4.69) is 34.5 Å². The van der Waals surface area contributed by atoms with Crippen molar-refractivity contribution < 1.29 is 0 Å².